The van der Waals surface area contributed by atoms with Gasteiger partial charge in [0.15, 0.2) is 5.82 Å². The van der Waals surface area contributed by atoms with Gasteiger partial charge in [-0.25, -0.2) is 0 Å². The lowest BCUT2D eigenvalue weighted by Crippen LogP contribution is -2.27. The van der Waals surface area contributed by atoms with Gasteiger partial charge < -0.3 is 9.84 Å². The summed E-state index contributed by atoms with van der Waals surface area (Å²) in [6.07, 6.45) is 1.15. The number of hydrogen-bond donors (Lipinski definition) is 1. The SMILES string of the molecule is CC(NC(=O)c1ccc([N+](=O)[O-])c(Cl)c1)c1ncon1. The molecule has 9 heteroatoms. The number of hydrogen-bond acceptors (Lipinski definition) is 6. The molecule has 104 valence electrons. The minimum Gasteiger partial charge on any atom is -0.343 e. The molecule has 0 aliphatic rings. The highest BCUT2D eigenvalue weighted by atomic mass is 35.5. The largest absolute Gasteiger partial charge is 0.343 e. The third kappa shape index (κ3) is 2.91. The van der Waals surface area contributed by atoms with Crippen LogP contribution in [0.2, 0.25) is 5.02 Å². The Hall–Kier alpha value is -2.48. The third-order valence-electron chi connectivity index (χ3n) is 2.52. The highest BCUT2D eigenvalue weighted by molar-refractivity contribution is 6.33. The molecule has 20 heavy (non-hydrogen) atoms. The van der Waals surface area contributed by atoms with Crippen molar-refractivity contribution in [3.05, 3.63) is 51.1 Å². The number of nitrogens with zero attached hydrogens (tertiary/aromatic N) is 3. The van der Waals surface area contributed by atoms with Crippen LogP contribution in [0.4, 0.5) is 5.69 Å². The van der Waals surface area contributed by atoms with Crippen molar-refractivity contribution < 1.29 is 14.2 Å². The number of carbonyl (C=O) groups is 1. The number of nitro benzene ring substituents is 1. The Morgan fingerprint density at radius 2 is 2.30 bits per heavy atom. The fourth-order valence-electron chi connectivity index (χ4n) is 1.51. The predicted octanol–water partition coefficient (Wildman–Crippen LogP) is 2.12. The van der Waals surface area contributed by atoms with E-state index in [1.807, 2.05) is 0 Å². The molecule has 1 aromatic carbocycles. The molecule has 8 nitrogen and oxygen atoms in total. The second kappa shape index (κ2) is 5.66. The standard InChI is InChI=1S/C11H9ClN4O4/c1-6(10-13-5-20-15-10)14-11(17)7-2-3-9(16(18)19)8(12)4-7/h2-6H,1H3,(H,14,17). The van der Waals surface area contributed by atoms with E-state index in [4.69, 9.17) is 11.6 Å². The van der Waals surface area contributed by atoms with Crippen LogP contribution in [0.15, 0.2) is 29.1 Å². The molecule has 0 aliphatic heterocycles. The number of carbonyl (C=O) groups excluding carboxylic acids is 1. The number of benzene rings is 1. The van der Waals surface area contributed by atoms with E-state index < -0.39 is 16.9 Å². The highest BCUT2D eigenvalue weighted by Crippen LogP contribution is 2.25. The molecule has 1 atom stereocenters. The van der Waals surface area contributed by atoms with Gasteiger partial charge in [0.25, 0.3) is 11.6 Å². The lowest BCUT2D eigenvalue weighted by molar-refractivity contribution is -0.384. The number of aromatic nitrogens is 2. The van der Waals surface area contributed by atoms with E-state index >= 15 is 0 Å². The Balaban J connectivity index is 2.14. The molecule has 0 radical (unpaired) electrons. The van der Waals surface area contributed by atoms with Crippen molar-refractivity contribution in [2.45, 2.75) is 13.0 Å². The first-order valence-electron chi connectivity index (χ1n) is 5.50. The van der Waals surface area contributed by atoms with E-state index in [0.717, 1.165) is 6.39 Å². The summed E-state index contributed by atoms with van der Waals surface area (Å²) in [6.45, 7) is 1.68. The lowest BCUT2D eigenvalue weighted by Gasteiger charge is -2.10. The quantitative estimate of drug-likeness (QED) is 0.683. The van der Waals surface area contributed by atoms with Gasteiger partial charge in [-0.1, -0.05) is 16.8 Å². The fraction of sp³-hybridized carbons (Fsp3) is 0.182. The van der Waals surface area contributed by atoms with Crippen molar-refractivity contribution in [1.82, 2.24) is 15.5 Å². The van der Waals surface area contributed by atoms with Gasteiger partial charge in [0.1, 0.15) is 5.02 Å². The van der Waals surface area contributed by atoms with E-state index in [9.17, 15) is 14.9 Å². The van der Waals surface area contributed by atoms with Gasteiger partial charge in [0.05, 0.1) is 11.0 Å². The Morgan fingerprint density at radius 1 is 1.55 bits per heavy atom. The van der Waals surface area contributed by atoms with Gasteiger partial charge in [-0.3, -0.25) is 14.9 Å². The van der Waals surface area contributed by atoms with Gasteiger partial charge in [0, 0.05) is 11.6 Å². The molecule has 2 rings (SSSR count). The van der Waals surface area contributed by atoms with Crippen LogP contribution in [-0.2, 0) is 0 Å². The molecule has 0 saturated heterocycles. The van der Waals surface area contributed by atoms with Crippen LogP contribution >= 0.6 is 11.6 Å². The molecular weight excluding hydrogens is 288 g/mol. The highest BCUT2D eigenvalue weighted by Gasteiger charge is 2.18. The first-order valence-corrected chi connectivity index (χ1v) is 5.88. The van der Waals surface area contributed by atoms with Crippen LogP contribution in [0.3, 0.4) is 0 Å². The molecule has 0 spiro atoms. The Morgan fingerprint density at radius 3 is 2.85 bits per heavy atom. The number of amides is 1. The normalized spacial score (nSPS) is 11.9. The summed E-state index contributed by atoms with van der Waals surface area (Å²) in [6, 6.07) is 3.27. The molecule has 1 unspecified atom stereocenters. The first kappa shape index (κ1) is 13.9. The van der Waals surface area contributed by atoms with Gasteiger partial charge in [0.2, 0.25) is 6.39 Å². The van der Waals surface area contributed by atoms with Crippen molar-refractivity contribution in [2.24, 2.45) is 0 Å². The zero-order valence-corrected chi connectivity index (χ0v) is 11.0. The van der Waals surface area contributed by atoms with Crippen molar-refractivity contribution in [2.75, 3.05) is 0 Å². The summed E-state index contributed by atoms with van der Waals surface area (Å²) in [4.78, 5) is 25.8. The molecule has 0 saturated carbocycles. The second-order valence-corrected chi connectivity index (χ2v) is 4.32. The number of nitro groups is 1. The summed E-state index contributed by atoms with van der Waals surface area (Å²) in [5, 5.41) is 16.8. The molecule has 1 N–H and O–H groups in total. The molecule has 1 heterocycles. The van der Waals surface area contributed by atoms with Gasteiger partial charge in [-0.2, -0.15) is 4.98 Å². The van der Waals surface area contributed by atoms with Crippen LogP contribution in [0.5, 0.6) is 0 Å². The Bertz CT molecular complexity index is 644. The topological polar surface area (TPSA) is 111 Å². The summed E-state index contributed by atoms with van der Waals surface area (Å²) in [5.74, 6) is -0.120. The van der Waals surface area contributed by atoms with Crippen LogP contribution in [0, 0.1) is 10.1 Å². The summed E-state index contributed by atoms with van der Waals surface area (Å²) in [5.41, 5.74) is -0.0506. The monoisotopic (exact) mass is 296 g/mol. The molecule has 0 bridgehead atoms. The zero-order chi connectivity index (χ0) is 14.7. The zero-order valence-electron chi connectivity index (χ0n) is 10.2. The van der Waals surface area contributed by atoms with E-state index in [0.29, 0.717) is 5.82 Å². The molecule has 2 aromatic rings. The molecule has 1 aromatic heterocycles. The summed E-state index contributed by atoms with van der Waals surface area (Å²) in [7, 11) is 0. The average Bonchev–Trinajstić information content (AvgIpc) is 2.91. The fourth-order valence-corrected chi connectivity index (χ4v) is 1.76. The van der Waals surface area contributed by atoms with E-state index in [2.05, 4.69) is 20.0 Å². The smallest absolute Gasteiger partial charge is 0.287 e. The third-order valence-corrected chi connectivity index (χ3v) is 2.82. The van der Waals surface area contributed by atoms with Gasteiger partial charge in [-0.15, -0.1) is 0 Å². The number of rotatable bonds is 4. The van der Waals surface area contributed by atoms with Gasteiger partial charge >= 0.3 is 0 Å². The minimum atomic E-state index is -0.619. The average molecular weight is 297 g/mol. The van der Waals surface area contributed by atoms with Crippen molar-refractivity contribution in [1.29, 1.82) is 0 Å². The van der Waals surface area contributed by atoms with Crippen LogP contribution in [0.25, 0.3) is 0 Å². The second-order valence-electron chi connectivity index (χ2n) is 3.91. The minimum absolute atomic E-state index is 0.102. The summed E-state index contributed by atoms with van der Waals surface area (Å²) >= 11 is 5.74. The molecule has 0 aliphatic carbocycles. The van der Waals surface area contributed by atoms with Crippen molar-refractivity contribution in [3.8, 4) is 0 Å². The van der Waals surface area contributed by atoms with E-state index in [1.54, 1.807) is 6.92 Å². The number of halogens is 1. The predicted molar refractivity (Wildman–Crippen MR) is 68.3 cm³/mol. The number of nitrogens with one attached hydrogen (secondary N) is 1. The molecule has 0 fully saturated rings. The lowest BCUT2D eigenvalue weighted by atomic mass is 10.2. The van der Waals surface area contributed by atoms with E-state index in [-0.39, 0.29) is 16.3 Å². The van der Waals surface area contributed by atoms with Crippen LogP contribution in [0.1, 0.15) is 29.1 Å². The van der Waals surface area contributed by atoms with Crippen molar-refractivity contribution in [3.63, 3.8) is 0 Å². The van der Waals surface area contributed by atoms with Crippen molar-refractivity contribution >= 4 is 23.2 Å². The summed E-state index contributed by atoms with van der Waals surface area (Å²) < 4.78 is 4.58. The van der Waals surface area contributed by atoms with Crippen LogP contribution in [-0.4, -0.2) is 21.0 Å². The Labute approximate surface area is 117 Å². The first-order chi connectivity index (χ1) is 9.49. The van der Waals surface area contributed by atoms with E-state index in [1.165, 1.54) is 18.2 Å². The maximum Gasteiger partial charge on any atom is 0.287 e. The molecular formula is C11H9ClN4O4. The Kier molecular flexibility index (Phi) is 3.94. The maximum atomic E-state index is 12.0. The molecule has 1 amide bonds. The van der Waals surface area contributed by atoms with Crippen LogP contribution < -0.4 is 5.32 Å². The van der Waals surface area contributed by atoms with Gasteiger partial charge in [-0.05, 0) is 19.1 Å². The maximum absolute atomic E-state index is 12.0.